The number of methoxy groups -OCH3 is 1. The zero-order valence-electron chi connectivity index (χ0n) is 17.2. The number of rotatable bonds is 5. The summed E-state index contributed by atoms with van der Waals surface area (Å²) in [6, 6.07) is 19.2. The van der Waals surface area contributed by atoms with Crippen molar-refractivity contribution in [1.29, 1.82) is 0 Å². The summed E-state index contributed by atoms with van der Waals surface area (Å²) in [7, 11) is 1.55. The Morgan fingerprint density at radius 3 is 2.41 bits per heavy atom. The van der Waals surface area contributed by atoms with Crippen molar-refractivity contribution in [3.05, 3.63) is 83.4 Å². The second kappa shape index (κ2) is 9.11. The van der Waals surface area contributed by atoms with Gasteiger partial charge in [-0.2, -0.15) is 0 Å². The van der Waals surface area contributed by atoms with Crippen molar-refractivity contribution in [1.82, 2.24) is 0 Å². The molecule has 1 aliphatic heterocycles. The number of carbonyl (C=O) groups is 3. The summed E-state index contributed by atoms with van der Waals surface area (Å²) in [5.74, 6) is -0.572. The molecule has 0 unspecified atom stereocenters. The molecule has 7 nitrogen and oxygen atoms in total. The highest BCUT2D eigenvalue weighted by molar-refractivity contribution is 6.30. The van der Waals surface area contributed by atoms with Gasteiger partial charge in [0.15, 0.2) is 0 Å². The predicted molar refractivity (Wildman–Crippen MR) is 123 cm³/mol. The number of hydrogen-bond donors (Lipinski definition) is 2. The normalized spacial score (nSPS) is 14.9. The van der Waals surface area contributed by atoms with Gasteiger partial charge in [0.1, 0.15) is 11.8 Å². The monoisotopic (exact) mass is 449 g/mol. The third-order valence-corrected chi connectivity index (χ3v) is 5.35. The van der Waals surface area contributed by atoms with Gasteiger partial charge in [-0.1, -0.05) is 23.7 Å². The second-order valence-corrected chi connectivity index (χ2v) is 7.62. The van der Waals surface area contributed by atoms with E-state index < -0.39 is 23.8 Å². The van der Waals surface area contributed by atoms with Crippen molar-refractivity contribution in [2.75, 3.05) is 22.6 Å². The van der Waals surface area contributed by atoms with Crippen LogP contribution < -0.4 is 20.3 Å². The van der Waals surface area contributed by atoms with E-state index in [1.165, 1.54) is 4.90 Å². The number of hydrogen-bond acceptors (Lipinski definition) is 4. The fourth-order valence-electron chi connectivity index (χ4n) is 3.52. The number of benzene rings is 3. The largest absolute Gasteiger partial charge is 0.497 e. The van der Waals surface area contributed by atoms with Crippen molar-refractivity contribution in [2.24, 2.45) is 0 Å². The van der Waals surface area contributed by atoms with E-state index in [9.17, 15) is 14.4 Å². The van der Waals surface area contributed by atoms with Gasteiger partial charge in [0.2, 0.25) is 11.8 Å². The van der Waals surface area contributed by atoms with Crippen molar-refractivity contribution in [2.45, 2.75) is 12.5 Å². The minimum absolute atomic E-state index is 0.217. The van der Waals surface area contributed by atoms with Crippen molar-refractivity contribution in [3.8, 4) is 5.75 Å². The molecule has 3 aromatic carbocycles. The Labute approximate surface area is 189 Å². The Balaban J connectivity index is 1.62. The lowest BCUT2D eigenvalue weighted by Crippen LogP contribution is -2.52. The number of halogens is 1. The Hall–Kier alpha value is -3.84. The number of fused-ring (bicyclic) bond motifs is 1. The van der Waals surface area contributed by atoms with Crippen LogP contribution in [-0.2, 0) is 9.59 Å². The Morgan fingerprint density at radius 2 is 1.72 bits per heavy atom. The van der Waals surface area contributed by atoms with E-state index in [0.717, 1.165) is 0 Å². The summed E-state index contributed by atoms with van der Waals surface area (Å²) in [5, 5.41) is 6.05. The van der Waals surface area contributed by atoms with Gasteiger partial charge in [0.25, 0.3) is 5.91 Å². The maximum atomic E-state index is 13.4. The first kappa shape index (κ1) is 21.4. The first-order valence-corrected chi connectivity index (χ1v) is 10.3. The summed E-state index contributed by atoms with van der Waals surface area (Å²) in [5.41, 5.74) is 1.95. The third-order valence-electron chi connectivity index (χ3n) is 5.10. The summed E-state index contributed by atoms with van der Waals surface area (Å²) >= 11 is 5.95. The second-order valence-electron chi connectivity index (χ2n) is 7.19. The van der Waals surface area contributed by atoms with Crippen LogP contribution in [0.1, 0.15) is 16.8 Å². The average Bonchev–Trinajstić information content (AvgIpc) is 2.80. The quantitative estimate of drug-likeness (QED) is 0.606. The van der Waals surface area contributed by atoms with Gasteiger partial charge in [0.05, 0.1) is 24.9 Å². The van der Waals surface area contributed by atoms with Gasteiger partial charge in [-0.05, 0) is 60.7 Å². The minimum atomic E-state index is -1.02. The standard InChI is InChI=1S/C24H20ClN3O4/c1-32-18-12-10-17(11-13-18)26-22(29)14-21-23(30)27-19-4-2-3-5-20(19)28(21)24(31)15-6-8-16(25)9-7-15/h2-13,21H,14H2,1H3,(H,26,29)(H,27,30)/t21-/m1/s1. The molecule has 2 N–H and O–H groups in total. The van der Waals surface area contributed by atoms with Crippen LogP contribution in [0.2, 0.25) is 5.02 Å². The van der Waals surface area contributed by atoms with Crippen molar-refractivity contribution >= 4 is 46.4 Å². The van der Waals surface area contributed by atoms with Crippen molar-refractivity contribution < 1.29 is 19.1 Å². The molecule has 32 heavy (non-hydrogen) atoms. The van der Waals surface area contributed by atoms with Gasteiger partial charge in [0, 0.05) is 16.3 Å². The van der Waals surface area contributed by atoms with Crippen LogP contribution in [-0.4, -0.2) is 30.9 Å². The van der Waals surface area contributed by atoms with E-state index in [0.29, 0.717) is 33.4 Å². The number of amides is 3. The number of ether oxygens (including phenoxy) is 1. The van der Waals surface area contributed by atoms with Crippen molar-refractivity contribution in [3.63, 3.8) is 0 Å². The molecule has 1 aliphatic rings. The molecule has 0 fully saturated rings. The molecule has 0 saturated carbocycles. The topological polar surface area (TPSA) is 87.7 Å². The minimum Gasteiger partial charge on any atom is -0.497 e. The van der Waals surface area contributed by atoms with Gasteiger partial charge < -0.3 is 15.4 Å². The van der Waals surface area contributed by atoms with Crippen LogP contribution in [0.3, 0.4) is 0 Å². The average molecular weight is 450 g/mol. The van der Waals surface area contributed by atoms with E-state index in [2.05, 4.69) is 10.6 Å². The van der Waals surface area contributed by atoms with Crippen LogP contribution in [0.15, 0.2) is 72.8 Å². The Kier molecular flexibility index (Phi) is 6.09. The van der Waals surface area contributed by atoms with Crippen LogP contribution in [0.25, 0.3) is 0 Å². The molecule has 162 valence electrons. The predicted octanol–water partition coefficient (Wildman–Crippen LogP) is 4.34. The van der Waals surface area contributed by atoms with Crippen LogP contribution in [0.5, 0.6) is 5.75 Å². The SMILES string of the molecule is COc1ccc(NC(=O)C[C@@H]2C(=O)Nc3ccccc3N2C(=O)c2ccc(Cl)cc2)cc1. The number of anilines is 3. The number of para-hydroxylation sites is 2. The molecule has 0 saturated heterocycles. The fraction of sp³-hybridized carbons (Fsp3) is 0.125. The Bertz CT molecular complexity index is 1160. The van der Waals surface area contributed by atoms with Gasteiger partial charge in [-0.3, -0.25) is 19.3 Å². The number of nitrogens with one attached hydrogen (secondary N) is 2. The van der Waals surface area contributed by atoms with E-state index >= 15 is 0 Å². The number of nitrogens with zero attached hydrogens (tertiary/aromatic N) is 1. The zero-order valence-corrected chi connectivity index (χ0v) is 17.9. The van der Waals surface area contributed by atoms with Crippen LogP contribution in [0, 0.1) is 0 Å². The summed E-state index contributed by atoms with van der Waals surface area (Å²) in [6.45, 7) is 0. The highest BCUT2D eigenvalue weighted by Gasteiger charge is 2.38. The lowest BCUT2D eigenvalue weighted by Gasteiger charge is -2.36. The molecule has 1 atom stereocenters. The first-order valence-electron chi connectivity index (χ1n) is 9.89. The zero-order chi connectivity index (χ0) is 22.7. The Morgan fingerprint density at radius 1 is 1.03 bits per heavy atom. The molecule has 0 spiro atoms. The van der Waals surface area contributed by atoms with Crippen LogP contribution in [0.4, 0.5) is 17.1 Å². The van der Waals surface area contributed by atoms with E-state index in [1.807, 2.05) is 0 Å². The molecule has 3 amide bonds. The fourth-order valence-corrected chi connectivity index (χ4v) is 3.65. The van der Waals surface area contributed by atoms with E-state index in [4.69, 9.17) is 16.3 Å². The van der Waals surface area contributed by atoms with Crippen LogP contribution >= 0.6 is 11.6 Å². The maximum Gasteiger partial charge on any atom is 0.259 e. The molecule has 1 heterocycles. The molecule has 0 bridgehead atoms. The molecule has 4 rings (SSSR count). The molecule has 0 aromatic heterocycles. The molecular formula is C24H20ClN3O4. The highest BCUT2D eigenvalue weighted by Crippen LogP contribution is 2.34. The third kappa shape index (κ3) is 4.43. The molecular weight excluding hydrogens is 430 g/mol. The number of carbonyl (C=O) groups excluding carboxylic acids is 3. The van der Waals surface area contributed by atoms with E-state index in [1.54, 1.807) is 79.9 Å². The molecule has 3 aromatic rings. The summed E-state index contributed by atoms with van der Waals surface area (Å²) in [4.78, 5) is 40.4. The lowest BCUT2D eigenvalue weighted by atomic mass is 10.0. The maximum absolute atomic E-state index is 13.4. The first-order chi connectivity index (χ1) is 15.5. The van der Waals surface area contributed by atoms with Gasteiger partial charge in [-0.15, -0.1) is 0 Å². The van der Waals surface area contributed by atoms with Gasteiger partial charge >= 0.3 is 0 Å². The summed E-state index contributed by atoms with van der Waals surface area (Å²) in [6.07, 6.45) is -0.217. The van der Waals surface area contributed by atoms with Gasteiger partial charge in [-0.25, -0.2) is 0 Å². The molecule has 0 radical (unpaired) electrons. The lowest BCUT2D eigenvalue weighted by molar-refractivity contribution is -0.122. The van der Waals surface area contributed by atoms with E-state index in [-0.39, 0.29) is 6.42 Å². The summed E-state index contributed by atoms with van der Waals surface area (Å²) < 4.78 is 5.11. The highest BCUT2D eigenvalue weighted by atomic mass is 35.5. The molecule has 0 aliphatic carbocycles. The molecule has 8 heteroatoms. The smallest absolute Gasteiger partial charge is 0.259 e.